The van der Waals surface area contributed by atoms with Crippen LogP contribution >= 0.6 is 0 Å². The van der Waals surface area contributed by atoms with Crippen LogP contribution in [0.25, 0.3) is 0 Å². The van der Waals surface area contributed by atoms with Crippen LogP contribution in [0.1, 0.15) is 36.8 Å². The predicted molar refractivity (Wildman–Crippen MR) is 101 cm³/mol. The highest BCUT2D eigenvalue weighted by atomic mass is 16.4. The van der Waals surface area contributed by atoms with E-state index in [1.807, 2.05) is 6.07 Å². The third kappa shape index (κ3) is 4.87. The number of hydrogen-bond acceptors (Lipinski definition) is 3. The lowest BCUT2D eigenvalue weighted by Gasteiger charge is -2.32. The van der Waals surface area contributed by atoms with Crippen LogP contribution in [0.4, 0.5) is 0 Å². The molecule has 27 heavy (non-hydrogen) atoms. The molecule has 2 amide bonds. The molecule has 1 aromatic carbocycles. The van der Waals surface area contributed by atoms with Gasteiger partial charge in [0.25, 0.3) is 0 Å². The summed E-state index contributed by atoms with van der Waals surface area (Å²) in [6.07, 6.45) is 4.38. The van der Waals surface area contributed by atoms with Crippen LogP contribution < -0.4 is 0 Å². The zero-order chi connectivity index (χ0) is 19.4. The number of aryl methyl sites for hydroxylation is 1. The fraction of sp³-hybridized carbons (Fsp3) is 0.571. The first-order chi connectivity index (χ1) is 12.9. The first-order valence-electron chi connectivity index (χ1n) is 9.75. The molecule has 1 heterocycles. The van der Waals surface area contributed by atoms with Gasteiger partial charge in [-0.25, -0.2) is 0 Å². The number of nitrogens with zero attached hydrogens (tertiary/aromatic N) is 2. The lowest BCUT2D eigenvalue weighted by Crippen LogP contribution is -2.45. The van der Waals surface area contributed by atoms with E-state index in [0.717, 1.165) is 19.3 Å². The number of hydrogen-bond donors (Lipinski definition) is 1. The van der Waals surface area contributed by atoms with Gasteiger partial charge in [-0.15, -0.1) is 0 Å². The number of carbonyl (C=O) groups excluding carboxylic acids is 2. The minimum absolute atomic E-state index is 0.00755. The lowest BCUT2D eigenvalue weighted by molar-refractivity contribution is -0.146. The lowest BCUT2D eigenvalue weighted by atomic mass is 9.82. The number of fused-ring (bicyclic) bond motifs is 1. The number of carbonyl (C=O) groups is 3. The van der Waals surface area contributed by atoms with Crippen molar-refractivity contribution in [2.45, 2.75) is 38.5 Å². The smallest absolute Gasteiger partial charge is 0.306 e. The van der Waals surface area contributed by atoms with Crippen molar-refractivity contribution in [2.24, 2.45) is 11.8 Å². The number of rotatable bonds is 5. The summed E-state index contributed by atoms with van der Waals surface area (Å²) in [5, 5.41) is 9.04. The van der Waals surface area contributed by atoms with Crippen LogP contribution in [0.5, 0.6) is 0 Å². The van der Waals surface area contributed by atoms with Gasteiger partial charge in [0.2, 0.25) is 11.8 Å². The molecule has 1 saturated heterocycles. The van der Waals surface area contributed by atoms with Gasteiger partial charge < -0.3 is 14.9 Å². The zero-order valence-corrected chi connectivity index (χ0v) is 15.9. The van der Waals surface area contributed by atoms with E-state index < -0.39 is 5.97 Å². The molecule has 3 rings (SSSR count). The summed E-state index contributed by atoms with van der Waals surface area (Å²) in [5.74, 6) is -0.904. The molecule has 0 radical (unpaired) electrons. The van der Waals surface area contributed by atoms with Gasteiger partial charge in [-0.1, -0.05) is 24.3 Å². The number of amides is 2. The Morgan fingerprint density at radius 3 is 2.44 bits per heavy atom. The second-order valence-corrected chi connectivity index (χ2v) is 7.82. The zero-order valence-electron chi connectivity index (χ0n) is 15.9. The molecule has 1 fully saturated rings. The van der Waals surface area contributed by atoms with E-state index in [2.05, 4.69) is 18.2 Å². The number of carboxylic acid groups (broad SMARTS) is 1. The average molecular weight is 372 g/mol. The van der Waals surface area contributed by atoms with E-state index >= 15 is 0 Å². The van der Waals surface area contributed by atoms with Crippen molar-refractivity contribution in [3.63, 3.8) is 0 Å². The van der Waals surface area contributed by atoms with E-state index in [0.29, 0.717) is 38.3 Å². The van der Waals surface area contributed by atoms with Gasteiger partial charge in [-0.2, -0.15) is 0 Å². The normalized spacial score (nSPS) is 20.0. The Morgan fingerprint density at radius 2 is 1.78 bits per heavy atom. The molecule has 0 bridgehead atoms. The van der Waals surface area contributed by atoms with E-state index in [1.165, 1.54) is 16.0 Å². The summed E-state index contributed by atoms with van der Waals surface area (Å²) in [5.41, 5.74) is 2.72. The summed E-state index contributed by atoms with van der Waals surface area (Å²) in [4.78, 5) is 39.2. The number of benzene rings is 1. The molecule has 1 aromatic rings. The van der Waals surface area contributed by atoms with Crippen LogP contribution in [0.3, 0.4) is 0 Å². The van der Waals surface area contributed by atoms with Crippen molar-refractivity contribution in [1.82, 2.24) is 9.80 Å². The second kappa shape index (κ2) is 8.55. The minimum atomic E-state index is -0.788. The van der Waals surface area contributed by atoms with Gasteiger partial charge in [0.05, 0.1) is 12.5 Å². The maximum atomic E-state index is 12.6. The van der Waals surface area contributed by atoms with E-state index in [-0.39, 0.29) is 24.3 Å². The van der Waals surface area contributed by atoms with Crippen LogP contribution in [0, 0.1) is 11.8 Å². The van der Waals surface area contributed by atoms with Gasteiger partial charge in [-0.3, -0.25) is 14.4 Å². The van der Waals surface area contributed by atoms with Gasteiger partial charge in [-0.05, 0) is 49.1 Å². The highest BCUT2D eigenvalue weighted by Gasteiger charge is 2.28. The van der Waals surface area contributed by atoms with E-state index in [4.69, 9.17) is 5.11 Å². The molecule has 0 saturated carbocycles. The van der Waals surface area contributed by atoms with E-state index in [1.54, 1.807) is 11.9 Å². The van der Waals surface area contributed by atoms with Gasteiger partial charge >= 0.3 is 5.97 Å². The molecule has 1 unspecified atom stereocenters. The van der Waals surface area contributed by atoms with Crippen molar-refractivity contribution >= 4 is 17.8 Å². The maximum Gasteiger partial charge on any atom is 0.306 e. The number of aliphatic carboxylic acids is 1. The molecule has 0 aromatic heterocycles. The van der Waals surface area contributed by atoms with E-state index in [9.17, 15) is 14.4 Å². The Labute approximate surface area is 160 Å². The number of likely N-dealkylation sites (N-methyl/N-ethyl adjacent to an activating group) is 1. The molecule has 146 valence electrons. The second-order valence-electron chi connectivity index (χ2n) is 7.82. The fourth-order valence-electron chi connectivity index (χ4n) is 4.12. The van der Waals surface area contributed by atoms with Crippen LogP contribution in [-0.4, -0.2) is 59.4 Å². The number of piperidine rings is 1. The predicted octanol–water partition coefficient (Wildman–Crippen LogP) is 1.96. The van der Waals surface area contributed by atoms with Crippen molar-refractivity contribution in [1.29, 1.82) is 0 Å². The van der Waals surface area contributed by atoms with Gasteiger partial charge in [0.1, 0.15) is 0 Å². The van der Waals surface area contributed by atoms with Gasteiger partial charge in [0.15, 0.2) is 0 Å². The molecule has 1 aliphatic heterocycles. The first kappa shape index (κ1) is 19.4. The molecule has 2 aliphatic rings. The monoisotopic (exact) mass is 372 g/mol. The molecule has 1 aliphatic carbocycles. The molecule has 6 nitrogen and oxygen atoms in total. The van der Waals surface area contributed by atoms with Crippen LogP contribution in [0.15, 0.2) is 24.3 Å². The highest BCUT2D eigenvalue weighted by molar-refractivity contribution is 5.85. The summed E-state index contributed by atoms with van der Waals surface area (Å²) in [6, 6.07) is 8.40. The molecule has 0 spiro atoms. The Balaban J connectivity index is 1.45. The quantitative estimate of drug-likeness (QED) is 0.857. The number of carboxylic acids is 1. The topological polar surface area (TPSA) is 77.9 Å². The largest absolute Gasteiger partial charge is 0.481 e. The van der Waals surface area contributed by atoms with Crippen LogP contribution in [-0.2, 0) is 27.2 Å². The fourth-order valence-corrected chi connectivity index (χ4v) is 4.12. The Bertz CT molecular complexity index is 710. The third-order valence-corrected chi connectivity index (χ3v) is 5.91. The van der Waals surface area contributed by atoms with Crippen LogP contribution in [0.2, 0.25) is 0 Å². The third-order valence-electron chi connectivity index (χ3n) is 5.91. The average Bonchev–Trinajstić information content (AvgIpc) is 2.67. The highest BCUT2D eigenvalue weighted by Crippen LogP contribution is 2.27. The molecular weight excluding hydrogens is 344 g/mol. The number of likely N-dealkylation sites (tertiary alicyclic amines) is 1. The molecule has 1 atom stereocenters. The van der Waals surface area contributed by atoms with Crippen molar-refractivity contribution < 1.29 is 19.5 Å². The Kier molecular flexibility index (Phi) is 6.14. The van der Waals surface area contributed by atoms with Crippen molar-refractivity contribution in [3.8, 4) is 0 Å². The molecular formula is C21H28N2O4. The SMILES string of the molecule is CN(CC(=O)N1CCC(C(=O)O)CC1)C(=O)CC1CCc2ccccc2C1. The van der Waals surface area contributed by atoms with Crippen molar-refractivity contribution in [2.75, 3.05) is 26.7 Å². The molecule has 6 heteroatoms. The summed E-state index contributed by atoms with van der Waals surface area (Å²) >= 11 is 0. The van der Waals surface area contributed by atoms with Gasteiger partial charge in [0, 0.05) is 26.6 Å². The first-order valence-corrected chi connectivity index (χ1v) is 9.75. The minimum Gasteiger partial charge on any atom is -0.481 e. The van der Waals surface area contributed by atoms with Crippen molar-refractivity contribution in [3.05, 3.63) is 35.4 Å². The Morgan fingerprint density at radius 1 is 1.11 bits per heavy atom. The summed E-state index contributed by atoms with van der Waals surface area (Å²) in [7, 11) is 1.68. The summed E-state index contributed by atoms with van der Waals surface area (Å²) < 4.78 is 0. The maximum absolute atomic E-state index is 12.6. The molecule has 1 N–H and O–H groups in total. The Hall–Kier alpha value is -2.37. The standard InChI is InChI=1S/C21H28N2O4/c1-22(14-20(25)23-10-8-17(9-11-23)21(26)27)19(24)13-15-6-7-16-4-2-3-5-18(16)12-15/h2-5,15,17H,6-14H2,1H3,(H,26,27). The summed E-state index contributed by atoms with van der Waals surface area (Å²) in [6.45, 7) is 0.981.